The van der Waals surface area contributed by atoms with Crippen LogP contribution < -0.4 is 5.32 Å². The highest BCUT2D eigenvalue weighted by atomic mass is 16.5. The van der Waals surface area contributed by atoms with Gasteiger partial charge in [0.15, 0.2) is 0 Å². The zero-order chi connectivity index (χ0) is 8.81. The van der Waals surface area contributed by atoms with Crippen molar-refractivity contribution in [2.75, 3.05) is 25.6 Å². The summed E-state index contributed by atoms with van der Waals surface area (Å²) in [5, 5.41) is 3.29. The van der Waals surface area contributed by atoms with E-state index in [1.54, 1.807) is 7.11 Å². The molecule has 0 bridgehead atoms. The van der Waals surface area contributed by atoms with Gasteiger partial charge >= 0.3 is 0 Å². The number of methoxy groups -OCH3 is 1. The molecule has 1 rings (SSSR count). The molecule has 1 aromatic rings. The smallest absolute Gasteiger partial charge is 0.0635 e. The number of hydrogen-bond donors (Lipinski definition) is 1. The Morgan fingerprint density at radius 2 is 2.08 bits per heavy atom. The maximum atomic E-state index is 4.94. The van der Waals surface area contributed by atoms with Gasteiger partial charge in [-0.2, -0.15) is 0 Å². The lowest BCUT2D eigenvalue weighted by atomic mass is 10.2. The minimum absolute atomic E-state index is 0.744. The number of para-hydroxylation sites is 1. The van der Waals surface area contributed by atoms with Crippen molar-refractivity contribution in [3.63, 3.8) is 0 Å². The number of nitrogens with one attached hydrogen (secondary N) is 1. The molecule has 1 aromatic carbocycles. The van der Waals surface area contributed by atoms with E-state index in [-0.39, 0.29) is 0 Å². The molecule has 0 saturated heterocycles. The van der Waals surface area contributed by atoms with Crippen LogP contribution in [-0.2, 0) is 4.74 Å². The van der Waals surface area contributed by atoms with Gasteiger partial charge in [0, 0.05) is 19.3 Å². The fraction of sp³-hybridized carbons (Fsp3) is 0.400. The fourth-order valence-electron chi connectivity index (χ4n) is 1.06. The first-order valence-electron chi connectivity index (χ1n) is 4.13. The van der Waals surface area contributed by atoms with Gasteiger partial charge in [-0.25, -0.2) is 0 Å². The van der Waals surface area contributed by atoms with Gasteiger partial charge < -0.3 is 10.1 Å². The van der Waals surface area contributed by atoms with Crippen LogP contribution in [0.5, 0.6) is 0 Å². The predicted octanol–water partition coefficient (Wildman–Crippen LogP) is 2.05. The van der Waals surface area contributed by atoms with E-state index in [0.29, 0.717) is 0 Å². The maximum Gasteiger partial charge on any atom is 0.0635 e. The van der Waals surface area contributed by atoms with Gasteiger partial charge in [-0.05, 0) is 18.6 Å². The van der Waals surface area contributed by atoms with Crippen LogP contribution in [0.2, 0.25) is 0 Å². The number of rotatable bonds is 4. The average molecular weight is 165 g/mol. The first-order chi connectivity index (χ1) is 5.84. The van der Waals surface area contributed by atoms with Crippen LogP contribution in [0.3, 0.4) is 0 Å². The number of benzene rings is 1. The van der Waals surface area contributed by atoms with Gasteiger partial charge in [0.2, 0.25) is 0 Å². The zero-order valence-electron chi connectivity index (χ0n) is 7.63. The molecule has 0 atom stereocenters. The van der Waals surface area contributed by atoms with E-state index in [2.05, 4.69) is 24.4 Å². The van der Waals surface area contributed by atoms with Gasteiger partial charge in [-0.15, -0.1) is 0 Å². The van der Waals surface area contributed by atoms with Crippen LogP contribution in [0.15, 0.2) is 24.3 Å². The Hall–Kier alpha value is -1.02. The van der Waals surface area contributed by atoms with Gasteiger partial charge in [0.1, 0.15) is 0 Å². The van der Waals surface area contributed by atoms with E-state index in [9.17, 15) is 0 Å². The fourth-order valence-corrected chi connectivity index (χ4v) is 1.06. The highest BCUT2D eigenvalue weighted by Gasteiger charge is 1.93. The molecule has 0 radical (unpaired) electrons. The summed E-state index contributed by atoms with van der Waals surface area (Å²) in [5.74, 6) is 0. The number of ether oxygens (including phenoxy) is 1. The molecule has 12 heavy (non-hydrogen) atoms. The van der Waals surface area contributed by atoms with Gasteiger partial charge in [-0.1, -0.05) is 18.2 Å². The lowest BCUT2D eigenvalue weighted by molar-refractivity contribution is 0.211. The highest BCUT2D eigenvalue weighted by molar-refractivity contribution is 5.50. The molecule has 0 fully saturated rings. The number of aryl methyl sites for hydroxylation is 1. The third-order valence-corrected chi connectivity index (χ3v) is 1.77. The van der Waals surface area contributed by atoms with Crippen LogP contribution in [0, 0.1) is 6.92 Å². The van der Waals surface area contributed by atoms with Gasteiger partial charge in [0.25, 0.3) is 0 Å². The predicted molar refractivity (Wildman–Crippen MR) is 51.5 cm³/mol. The van der Waals surface area contributed by atoms with Crippen molar-refractivity contribution >= 4 is 5.69 Å². The first kappa shape index (κ1) is 9.07. The van der Waals surface area contributed by atoms with E-state index >= 15 is 0 Å². The zero-order valence-corrected chi connectivity index (χ0v) is 7.63. The van der Waals surface area contributed by atoms with Crippen molar-refractivity contribution in [3.8, 4) is 0 Å². The molecule has 2 nitrogen and oxygen atoms in total. The maximum absolute atomic E-state index is 4.94. The average Bonchev–Trinajstić information content (AvgIpc) is 2.09. The Balaban J connectivity index is 2.46. The van der Waals surface area contributed by atoms with Crippen molar-refractivity contribution in [2.24, 2.45) is 0 Å². The summed E-state index contributed by atoms with van der Waals surface area (Å²) < 4.78 is 4.94. The summed E-state index contributed by atoms with van der Waals surface area (Å²) in [4.78, 5) is 0. The largest absolute Gasteiger partial charge is 0.383 e. The second kappa shape index (κ2) is 4.78. The third kappa shape index (κ3) is 2.55. The quantitative estimate of drug-likeness (QED) is 0.689. The molecule has 2 heteroatoms. The summed E-state index contributed by atoms with van der Waals surface area (Å²) in [6, 6.07) is 8.24. The van der Waals surface area contributed by atoms with Crippen LogP contribution in [-0.4, -0.2) is 20.3 Å². The summed E-state index contributed by atoms with van der Waals surface area (Å²) >= 11 is 0. The number of hydrogen-bond acceptors (Lipinski definition) is 2. The van der Waals surface area contributed by atoms with Crippen molar-refractivity contribution < 1.29 is 4.74 Å². The first-order valence-corrected chi connectivity index (χ1v) is 4.13. The lowest BCUT2D eigenvalue weighted by Crippen LogP contribution is -2.08. The number of anilines is 1. The SMILES string of the molecule is COCCNc1ccccc1C. The van der Waals surface area contributed by atoms with E-state index in [0.717, 1.165) is 13.2 Å². The summed E-state index contributed by atoms with van der Waals surface area (Å²) in [6.45, 7) is 3.70. The Morgan fingerprint density at radius 3 is 2.75 bits per heavy atom. The molecule has 0 aliphatic carbocycles. The second-order valence-corrected chi connectivity index (χ2v) is 2.73. The molecule has 1 N–H and O–H groups in total. The minimum Gasteiger partial charge on any atom is -0.383 e. The minimum atomic E-state index is 0.744. The molecule has 0 aliphatic rings. The van der Waals surface area contributed by atoms with Gasteiger partial charge in [-0.3, -0.25) is 0 Å². The molecular weight excluding hydrogens is 150 g/mol. The topological polar surface area (TPSA) is 21.3 Å². The molecule has 0 heterocycles. The van der Waals surface area contributed by atoms with E-state index in [4.69, 9.17) is 4.74 Å². The molecule has 0 unspecified atom stereocenters. The van der Waals surface area contributed by atoms with Crippen molar-refractivity contribution in [2.45, 2.75) is 6.92 Å². The Kier molecular flexibility index (Phi) is 3.61. The molecule has 66 valence electrons. The van der Waals surface area contributed by atoms with Crippen molar-refractivity contribution in [3.05, 3.63) is 29.8 Å². The Labute approximate surface area is 73.6 Å². The third-order valence-electron chi connectivity index (χ3n) is 1.77. The Bertz CT molecular complexity index is 235. The van der Waals surface area contributed by atoms with Crippen LogP contribution in [0.1, 0.15) is 5.56 Å². The van der Waals surface area contributed by atoms with Crippen molar-refractivity contribution in [1.29, 1.82) is 0 Å². The van der Waals surface area contributed by atoms with E-state index in [1.807, 2.05) is 12.1 Å². The van der Waals surface area contributed by atoms with Crippen LogP contribution >= 0.6 is 0 Å². The van der Waals surface area contributed by atoms with Gasteiger partial charge in [0.05, 0.1) is 6.61 Å². The van der Waals surface area contributed by atoms with E-state index < -0.39 is 0 Å². The van der Waals surface area contributed by atoms with Crippen LogP contribution in [0.25, 0.3) is 0 Å². The molecule has 0 amide bonds. The Morgan fingerprint density at radius 1 is 1.33 bits per heavy atom. The molecule has 0 saturated carbocycles. The van der Waals surface area contributed by atoms with Crippen LogP contribution in [0.4, 0.5) is 5.69 Å². The van der Waals surface area contributed by atoms with E-state index in [1.165, 1.54) is 11.3 Å². The summed E-state index contributed by atoms with van der Waals surface area (Å²) in [5.41, 5.74) is 2.46. The van der Waals surface area contributed by atoms with Crippen molar-refractivity contribution in [1.82, 2.24) is 0 Å². The second-order valence-electron chi connectivity index (χ2n) is 2.73. The highest BCUT2D eigenvalue weighted by Crippen LogP contribution is 2.11. The summed E-state index contributed by atoms with van der Waals surface area (Å²) in [7, 11) is 1.71. The lowest BCUT2D eigenvalue weighted by Gasteiger charge is -2.07. The summed E-state index contributed by atoms with van der Waals surface area (Å²) in [6.07, 6.45) is 0. The molecular formula is C10H15NO. The standard InChI is InChI=1S/C10H15NO/c1-9-5-3-4-6-10(9)11-7-8-12-2/h3-6,11H,7-8H2,1-2H3. The molecule has 0 spiro atoms. The molecule has 0 aliphatic heterocycles. The molecule has 0 aromatic heterocycles. The monoisotopic (exact) mass is 165 g/mol. The normalized spacial score (nSPS) is 9.83.